The van der Waals surface area contributed by atoms with E-state index >= 15 is 0 Å². The lowest BCUT2D eigenvalue weighted by Crippen LogP contribution is -2.34. The predicted molar refractivity (Wildman–Crippen MR) is 118 cm³/mol. The number of amides is 1. The van der Waals surface area contributed by atoms with Gasteiger partial charge in [-0.05, 0) is 50.5 Å². The van der Waals surface area contributed by atoms with Crippen molar-refractivity contribution < 1.29 is 18.0 Å². The number of aryl methyl sites for hydroxylation is 1. The summed E-state index contributed by atoms with van der Waals surface area (Å²) in [5, 5.41) is 5.85. The number of anilines is 1. The lowest BCUT2D eigenvalue weighted by Gasteiger charge is -2.14. The molecule has 8 heteroatoms. The number of nitrogens with zero attached hydrogens (tertiary/aromatic N) is 2. The van der Waals surface area contributed by atoms with Crippen LogP contribution in [0.4, 0.5) is 18.9 Å². The van der Waals surface area contributed by atoms with E-state index in [1.807, 2.05) is 26.0 Å². The molecule has 166 valence electrons. The maximum absolute atomic E-state index is 12.6. The lowest BCUT2D eigenvalue weighted by molar-refractivity contribution is -0.131. The molecule has 1 aliphatic carbocycles. The van der Waals surface area contributed by atoms with Gasteiger partial charge in [0, 0.05) is 35.0 Å². The number of benzene rings is 1. The van der Waals surface area contributed by atoms with Crippen LogP contribution >= 0.6 is 0 Å². The minimum absolute atomic E-state index is 0.0991. The first kappa shape index (κ1) is 21.8. The molecule has 1 aromatic carbocycles. The molecule has 1 aliphatic rings. The zero-order valence-corrected chi connectivity index (χ0v) is 17.8. The van der Waals surface area contributed by atoms with Gasteiger partial charge in [-0.1, -0.05) is 12.0 Å². The summed E-state index contributed by atoms with van der Waals surface area (Å²) in [4.78, 5) is 17.0. The third-order valence-corrected chi connectivity index (χ3v) is 5.68. The number of terminal acetylenes is 1. The minimum atomic E-state index is -4.25. The average Bonchev–Trinajstić information content (AvgIpc) is 3.28. The first-order valence-corrected chi connectivity index (χ1v) is 10.3. The Morgan fingerprint density at radius 2 is 2.06 bits per heavy atom. The fourth-order valence-corrected chi connectivity index (χ4v) is 3.58. The summed E-state index contributed by atoms with van der Waals surface area (Å²) in [5.74, 6) is 2.43. The van der Waals surface area contributed by atoms with Crippen LogP contribution in [0.1, 0.15) is 47.7 Å². The van der Waals surface area contributed by atoms with Crippen LogP contribution in [-0.4, -0.2) is 33.6 Å². The highest BCUT2D eigenvalue weighted by atomic mass is 19.4. The van der Waals surface area contributed by atoms with Gasteiger partial charge in [-0.3, -0.25) is 9.20 Å². The lowest BCUT2D eigenvalue weighted by atomic mass is 10.0. The minimum Gasteiger partial charge on any atom is -0.382 e. The van der Waals surface area contributed by atoms with E-state index in [2.05, 4.69) is 21.5 Å². The highest BCUT2D eigenvalue weighted by Gasteiger charge is 2.39. The number of halogens is 3. The van der Waals surface area contributed by atoms with Crippen molar-refractivity contribution in [2.75, 3.05) is 11.9 Å². The number of carbonyl (C=O) groups excluding carboxylic acids is 1. The van der Waals surface area contributed by atoms with Crippen LogP contribution in [0.15, 0.2) is 36.7 Å². The topological polar surface area (TPSA) is 58.4 Å². The molecule has 2 aromatic heterocycles. The van der Waals surface area contributed by atoms with Gasteiger partial charge in [-0.25, -0.2) is 4.98 Å². The highest BCUT2D eigenvalue weighted by molar-refractivity contribution is 5.97. The summed E-state index contributed by atoms with van der Waals surface area (Å²) < 4.78 is 39.4. The van der Waals surface area contributed by atoms with E-state index in [9.17, 15) is 18.0 Å². The Bertz CT molecular complexity index is 1230. The number of fused-ring (bicyclic) bond motifs is 1. The van der Waals surface area contributed by atoms with Gasteiger partial charge >= 0.3 is 6.18 Å². The molecule has 2 N–H and O–H groups in total. The van der Waals surface area contributed by atoms with Crippen LogP contribution in [-0.2, 0) is 0 Å². The van der Waals surface area contributed by atoms with Gasteiger partial charge in [0.05, 0.1) is 24.0 Å². The zero-order valence-electron chi connectivity index (χ0n) is 17.8. The quantitative estimate of drug-likeness (QED) is 0.534. The number of hydrogen-bond acceptors (Lipinski definition) is 3. The SMILES string of the molecule is C#Cc1cc(NCCC(F)(F)F)c2ncc(-c3ccc(C(=O)NC4(C)CC4)c(C)c3)n2c1. The van der Waals surface area contributed by atoms with Gasteiger partial charge in [0.1, 0.15) is 0 Å². The fraction of sp³-hybridized carbons (Fsp3) is 0.333. The van der Waals surface area contributed by atoms with Crippen molar-refractivity contribution in [1.82, 2.24) is 14.7 Å². The Morgan fingerprint density at radius 1 is 1.31 bits per heavy atom. The molecule has 0 saturated heterocycles. The fourth-order valence-electron chi connectivity index (χ4n) is 3.58. The van der Waals surface area contributed by atoms with Gasteiger partial charge in [0.25, 0.3) is 5.91 Å². The first-order valence-electron chi connectivity index (χ1n) is 10.3. The molecule has 0 radical (unpaired) electrons. The molecule has 0 spiro atoms. The standard InChI is InChI=1S/C24H23F3N4O/c1-4-16-12-19(28-10-9-24(25,26)27)21-29-13-20(31(21)14-16)17-5-6-18(15(2)11-17)22(32)30-23(3)7-8-23/h1,5-6,11-14,28H,7-10H2,2-3H3,(H,30,32). The number of carbonyl (C=O) groups is 1. The largest absolute Gasteiger partial charge is 0.390 e. The Morgan fingerprint density at radius 3 is 2.69 bits per heavy atom. The summed E-state index contributed by atoms with van der Waals surface area (Å²) >= 11 is 0. The van der Waals surface area contributed by atoms with Crippen molar-refractivity contribution >= 4 is 17.2 Å². The molecule has 1 amide bonds. The van der Waals surface area contributed by atoms with Crippen LogP contribution in [0, 0.1) is 19.3 Å². The number of pyridine rings is 1. The van der Waals surface area contributed by atoms with Crippen molar-refractivity contribution in [3.05, 3.63) is 53.3 Å². The molecule has 4 rings (SSSR count). The second kappa shape index (κ2) is 7.90. The van der Waals surface area contributed by atoms with E-state index in [1.54, 1.807) is 28.9 Å². The van der Waals surface area contributed by atoms with E-state index < -0.39 is 12.6 Å². The number of nitrogens with one attached hydrogen (secondary N) is 2. The van der Waals surface area contributed by atoms with E-state index in [4.69, 9.17) is 6.42 Å². The molecule has 0 unspecified atom stereocenters. The Hall–Kier alpha value is -3.47. The maximum atomic E-state index is 12.6. The van der Waals surface area contributed by atoms with E-state index in [-0.39, 0.29) is 18.0 Å². The van der Waals surface area contributed by atoms with E-state index in [1.165, 1.54) is 0 Å². The third-order valence-electron chi connectivity index (χ3n) is 5.68. The summed E-state index contributed by atoms with van der Waals surface area (Å²) in [5.41, 5.74) is 4.27. The van der Waals surface area contributed by atoms with Crippen LogP contribution < -0.4 is 10.6 Å². The molecule has 3 aromatic rings. The number of hydrogen-bond donors (Lipinski definition) is 2. The van der Waals surface area contributed by atoms with Crippen LogP contribution in [0.3, 0.4) is 0 Å². The molecule has 5 nitrogen and oxygen atoms in total. The molecule has 0 bridgehead atoms. The van der Waals surface area contributed by atoms with Crippen molar-refractivity contribution in [1.29, 1.82) is 0 Å². The van der Waals surface area contributed by atoms with Gasteiger partial charge < -0.3 is 10.6 Å². The predicted octanol–water partition coefficient (Wildman–Crippen LogP) is 4.94. The zero-order chi connectivity index (χ0) is 23.1. The second-order valence-electron chi connectivity index (χ2n) is 8.46. The Kier molecular flexibility index (Phi) is 5.37. The monoisotopic (exact) mass is 440 g/mol. The molecule has 32 heavy (non-hydrogen) atoms. The molecule has 1 saturated carbocycles. The molecular formula is C24H23F3N4O. The number of imidazole rings is 1. The van der Waals surface area contributed by atoms with Gasteiger partial charge in [0.15, 0.2) is 5.65 Å². The van der Waals surface area contributed by atoms with Crippen LogP contribution in [0.25, 0.3) is 16.9 Å². The van der Waals surface area contributed by atoms with Gasteiger partial charge in [-0.15, -0.1) is 6.42 Å². The molecule has 2 heterocycles. The normalized spacial score (nSPS) is 14.8. The average molecular weight is 440 g/mol. The Balaban J connectivity index is 1.66. The highest BCUT2D eigenvalue weighted by Crippen LogP contribution is 2.35. The van der Waals surface area contributed by atoms with Crippen LogP contribution in [0.2, 0.25) is 0 Å². The summed E-state index contributed by atoms with van der Waals surface area (Å²) in [7, 11) is 0. The molecule has 0 atom stereocenters. The van der Waals surface area contributed by atoms with Crippen LogP contribution in [0.5, 0.6) is 0 Å². The van der Waals surface area contributed by atoms with Gasteiger partial charge in [0.2, 0.25) is 0 Å². The van der Waals surface area contributed by atoms with Gasteiger partial charge in [-0.2, -0.15) is 13.2 Å². The smallest absolute Gasteiger partial charge is 0.382 e. The van der Waals surface area contributed by atoms with Crippen molar-refractivity contribution in [3.63, 3.8) is 0 Å². The maximum Gasteiger partial charge on any atom is 0.390 e. The Labute approximate surface area is 184 Å². The molecule has 0 aliphatic heterocycles. The van der Waals surface area contributed by atoms with Crippen molar-refractivity contribution in [2.24, 2.45) is 0 Å². The first-order chi connectivity index (χ1) is 15.1. The number of rotatable bonds is 6. The summed E-state index contributed by atoms with van der Waals surface area (Å²) in [6.45, 7) is 3.61. The van der Waals surface area contributed by atoms with E-state index in [0.29, 0.717) is 22.5 Å². The summed E-state index contributed by atoms with van der Waals surface area (Å²) in [6, 6.07) is 7.12. The summed E-state index contributed by atoms with van der Waals surface area (Å²) in [6.07, 6.45) is 5.67. The van der Waals surface area contributed by atoms with Crippen molar-refractivity contribution in [2.45, 2.75) is 44.8 Å². The second-order valence-corrected chi connectivity index (χ2v) is 8.46. The number of alkyl halides is 3. The number of aromatic nitrogens is 2. The van der Waals surface area contributed by atoms with E-state index in [0.717, 1.165) is 29.7 Å². The molecule has 1 fully saturated rings. The molecular weight excluding hydrogens is 417 g/mol. The third kappa shape index (κ3) is 4.57. The van der Waals surface area contributed by atoms with Crippen molar-refractivity contribution in [3.8, 4) is 23.6 Å².